The molecule has 0 aliphatic carbocycles. The normalized spacial score (nSPS) is 11.3. The van der Waals surface area contributed by atoms with Crippen molar-refractivity contribution < 1.29 is 13.2 Å². The summed E-state index contributed by atoms with van der Waals surface area (Å²) in [6.45, 7) is 2.02. The quantitative estimate of drug-likeness (QED) is 0.492. The molecule has 8 nitrogen and oxygen atoms in total. The minimum atomic E-state index is -3.85. The molecule has 0 saturated heterocycles. The topological polar surface area (TPSA) is 110 Å². The Hall–Kier alpha value is -3.72. The van der Waals surface area contributed by atoms with Crippen LogP contribution >= 0.6 is 0 Å². The zero-order chi connectivity index (χ0) is 21.1. The van der Waals surface area contributed by atoms with Crippen LogP contribution in [-0.2, 0) is 10.0 Å². The van der Waals surface area contributed by atoms with E-state index in [0.29, 0.717) is 17.0 Å². The van der Waals surface area contributed by atoms with Gasteiger partial charge in [0.2, 0.25) is 5.82 Å². The maximum absolute atomic E-state index is 13.0. The first-order valence-corrected chi connectivity index (χ1v) is 10.6. The third-order valence-corrected chi connectivity index (χ3v) is 5.99. The van der Waals surface area contributed by atoms with Crippen molar-refractivity contribution in [3.63, 3.8) is 0 Å². The molecule has 0 spiro atoms. The lowest BCUT2D eigenvalue weighted by molar-refractivity contribution is 0.415. The number of nitrogens with zero attached hydrogens (tertiary/aromatic N) is 3. The highest BCUT2D eigenvalue weighted by molar-refractivity contribution is 7.92. The predicted octanol–water partition coefficient (Wildman–Crippen LogP) is 3.65. The van der Waals surface area contributed by atoms with Crippen LogP contribution in [0.2, 0.25) is 0 Å². The molecule has 0 aliphatic rings. The summed E-state index contributed by atoms with van der Waals surface area (Å²) in [5, 5.41) is 13.8. The lowest BCUT2D eigenvalue weighted by Gasteiger charge is -2.13. The molecule has 0 fully saturated rings. The van der Waals surface area contributed by atoms with Crippen molar-refractivity contribution in [2.75, 3.05) is 11.8 Å². The molecule has 30 heavy (non-hydrogen) atoms. The van der Waals surface area contributed by atoms with Gasteiger partial charge in [-0.3, -0.25) is 4.72 Å². The SMILES string of the molecule is COc1ccc(-c2nn[nH]n2)c(NS(=O)(=O)c2ccc(-c3ccc(C)cc3)cc2)c1. The molecule has 4 rings (SSSR count). The van der Waals surface area contributed by atoms with E-state index in [4.69, 9.17) is 4.74 Å². The molecule has 1 heterocycles. The van der Waals surface area contributed by atoms with Crippen molar-refractivity contribution in [2.24, 2.45) is 0 Å². The molecule has 4 aromatic rings. The largest absolute Gasteiger partial charge is 0.497 e. The summed E-state index contributed by atoms with van der Waals surface area (Å²) in [7, 11) is -2.34. The van der Waals surface area contributed by atoms with Gasteiger partial charge < -0.3 is 4.74 Å². The Morgan fingerprint density at radius 3 is 2.20 bits per heavy atom. The summed E-state index contributed by atoms with van der Waals surface area (Å²) in [6, 6.07) is 19.7. The van der Waals surface area contributed by atoms with Crippen LogP contribution in [0.15, 0.2) is 71.6 Å². The number of aromatic nitrogens is 4. The first kappa shape index (κ1) is 19.6. The fourth-order valence-electron chi connectivity index (χ4n) is 2.98. The summed E-state index contributed by atoms with van der Waals surface area (Å²) < 4.78 is 33.8. The maximum Gasteiger partial charge on any atom is 0.261 e. The molecule has 0 atom stereocenters. The van der Waals surface area contributed by atoms with Gasteiger partial charge in [0.15, 0.2) is 0 Å². The molecule has 152 valence electrons. The lowest BCUT2D eigenvalue weighted by atomic mass is 10.0. The molecule has 0 unspecified atom stereocenters. The monoisotopic (exact) mass is 421 g/mol. The van der Waals surface area contributed by atoms with Gasteiger partial charge >= 0.3 is 0 Å². The number of aryl methyl sites for hydroxylation is 1. The molecule has 0 saturated carbocycles. The van der Waals surface area contributed by atoms with Crippen LogP contribution in [0.4, 0.5) is 5.69 Å². The number of methoxy groups -OCH3 is 1. The number of rotatable bonds is 6. The van der Waals surface area contributed by atoms with E-state index in [1.807, 2.05) is 31.2 Å². The lowest BCUT2D eigenvalue weighted by Crippen LogP contribution is -2.14. The van der Waals surface area contributed by atoms with E-state index in [0.717, 1.165) is 16.7 Å². The average Bonchev–Trinajstić information content (AvgIpc) is 3.29. The first-order valence-electron chi connectivity index (χ1n) is 9.08. The zero-order valence-electron chi connectivity index (χ0n) is 16.3. The second-order valence-electron chi connectivity index (χ2n) is 6.64. The van der Waals surface area contributed by atoms with Gasteiger partial charge in [0, 0.05) is 11.6 Å². The summed E-state index contributed by atoms with van der Waals surface area (Å²) in [4.78, 5) is 0.139. The fourth-order valence-corrected chi connectivity index (χ4v) is 4.05. The Kier molecular flexibility index (Phi) is 5.20. The van der Waals surface area contributed by atoms with E-state index < -0.39 is 10.0 Å². The van der Waals surface area contributed by atoms with Crippen molar-refractivity contribution in [1.82, 2.24) is 20.6 Å². The van der Waals surface area contributed by atoms with Crippen molar-refractivity contribution in [2.45, 2.75) is 11.8 Å². The van der Waals surface area contributed by atoms with Crippen molar-refractivity contribution >= 4 is 15.7 Å². The number of aromatic amines is 1. The van der Waals surface area contributed by atoms with Gasteiger partial charge in [0.25, 0.3) is 10.0 Å². The molecule has 0 radical (unpaired) electrons. The second-order valence-corrected chi connectivity index (χ2v) is 8.33. The van der Waals surface area contributed by atoms with Gasteiger partial charge in [-0.25, -0.2) is 8.42 Å². The molecule has 0 aliphatic heterocycles. The highest BCUT2D eigenvalue weighted by Gasteiger charge is 2.19. The minimum absolute atomic E-state index is 0.139. The van der Waals surface area contributed by atoms with Crippen LogP contribution < -0.4 is 9.46 Å². The highest BCUT2D eigenvalue weighted by atomic mass is 32.2. The summed E-state index contributed by atoms with van der Waals surface area (Å²) in [5.41, 5.74) is 3.88. The van der Waals surface area contributed by atoms with Gasteiger partial charge in [-0.1, -0.05) is 42.0 Å². The number of hydrogen-bond acceptors (Lipinski definition) is 6. The second kappa shape index (κ2) is 7.96. The van der Waals surface area contributed by atoms with Crippen LogP contribution in [0.3, 0.4) is 0 Å². The first-order chi connectivity index (χ1) is 14.5. The van der Waals surface area contributed by atoms with Crippen molar-refractivity contribution in [3.05, 3.63) is 72.3 Å². The van der Waals surface area contributed by atoms with Crippen LogP contribution in [0.1, 0.15) is 5.56 Å². The smallest absolute Gasteiger partial charge is 0.261 e. The molecule has 0 bridgehead atoms. The molecule has 3 aromatic carbocycles. The molecule has 0 amide bonds. The Morgan fingerprint density at radius 2 is 1.60 bits per heavy atom. The Labute approximate surface area is 174 Å². The third-order valence-electron chi connectivity index (χ3n) is 4.61. The van der Waals surface area contributed by atoms with E-state index in [1.165, 1.54) is 7.11 Å². The number of sulfonamides is 1. The maximum atomic E-state index is 13.0. The number of ether oxygens (including phenoxy) is 1. The van der Waals surface area contributed by atoms with E-state index in [9.17, 15) is 8.42 Å². The number of tetrazole rings is 1. The molecule has 1 aromatic heterocycles. The standard InChI is InChI=1S/C21H19N5O3S/c1-14-3-5-15(6-4-14)16-7-10-18(11-8-16)30(27,28)24-20-13-17(29-2)9-12-19(20)21-22-25-26-23-21/h3-13,24H,1-2H3,(H,22,23,25,26). The molecule has 9 heteroatoms. The van der Waals surface area contributed by atoms with Crippen LogP contribution in [0.5, 0.6) is 5.75 Å². The number of hydrogen-bond donors (Lipinski definition) is 2. The Morgan fingerprint density at radius 1 is 0.933 bits per heavy atom. The van der Waals surface area contributed by atoms with Gasteiger partial charge in [0.1, 0.15) is 5.75 Å². The average molecular weight is 421 g/mol. The van der Waals surface area contributed by atoms with E-state index in [1.54, 1.807) is 42.5 Å². The van der Waals surface area contributed by atoms with Crippen molar-refractivity contribution in [3.8, 4) is 28.3 Å². The predicted molar refractivity (Wildman–Crippen MR) is 114 cm³/mol. The zero-order valence-corrected chi connectivity index (χ0v) is 17.1. The van der Waals surface area contributed by atoms with Crippen LogP contribution in [-0.4, -0.2) is 36.2 Å². The summed E-state index contributed by atoms with van der Waals surface area (Å²) in [5.74, 6) is 0.764. The third kappa shape index (κ3) is 4.01. The van der Waals surface area contributed by atoms with Gasteiger partial charge in [-0.15, -0.1) is 10.2 Å². The number of nitrogens with one attached hydrogen (secondary N) is 2. The van der Waals surface area contributed by atoms with Gasteiger partial charge in [0.05, 0.1) is 17.7 Å². The molecular formula is C21H19N5O3S. The summed E-state index contributed by atoms with van der Waals surface area (Å²) in [6.07, 6.45) is 0. The van der Waals surface area contributed by atoms with Crippen LogP contribution in [0.25, 0.3) is 22.5 Å². The Balaban J connectivity index is 1.65. The highest BCUT2D eigenvalue weighted by Crippen LogP contribution is 2.31. The van der Waals surface area contributed by atoms with E-state index >= 15 is 0 Å². The van der Waals surface area contributed by atoms with E-state index in [2.05, 4.69) is 25.3 Å². The van der Waals surface area contributed by atoms with Gasteiger partial charge in [-0.2, -0.15) is 5.21 Å². The van der Waals surface area contributed by atoms with Gasteiger partial charge in [-0.05, 0) is 47.5 Å². The van der Waals surface area contributed by atoms with Crippen LogP contribution in [0, 0.1) is 6.92 Å². The number of H-pyrrole nitrogens is 1. The fraction of sp³-hybridized carbons (Fsp3) is 0.0952. The number of anilines is 1. The number of benzene rings is 3. The van der Waals surface area contributed by atoms with Crippen molar-refractivity contribution in [1.29, 1.82) is 0 Å². The van der Waals surface area contributed by atoms with E-state index in [-0.39, 0.29) is 10.7 Å². The molecule has 2 N–H and O–H groups in total. The molecular weight excluding hydrogens is 402 g/mol. The Bertz CT molecular complexity index is 1250. The minimum Gasteiger partial charge on any atom is -0.497 e. The summed E-state index contributed by atoms with van der Waals surface area (Å²) >= 11 is 0.